The molecule has 1 N–H and O–H groups in total. The fourth-order valence-corrected chi connectivity index (χ4v) is 2.33. The minimum atomic E-state index is -0.977. The number of hydrogen-bond donors (Lipinski definition) is 1. The van der Waals surface area contributed by atoms with Crippen LogP contribution in [0.4, 0.5) is 4.39 Å². The van der Waals surface area contributed by atoms with Crippen molar-refractivity contribution in [3.8, 4) is 0 Å². The van der Waals surface area contributed by atoms with Crippen LogP contribution in [0.2, 0.25) is 0 Å². The number of hydrogen-bond acceptors (Lipinski definition) is 3. The first-order chi connectivity index (χ1) is 9.15. The zero-order valence-corrected chi connectivity index (χ0v) is 10.1. The van der Waals surface area contributed by atoms with Crippen molar-refractivity contribution in [1.29, 1.82) is 0 Å². The van der Waals surface area contributed by atoms with Gasteiger partial charge in [-0.3, -0.25) is 9.59 Å². The van der Waals surface area contributed by atoms with Gasteiger partial charge in [-0.15, -0.1) is 0 Å². The number of carbonyl (C=O) groups excluding carboxylic acids is 1. The van der Waals surface area contributed by atoms with Gasteiger partial charge in [-0.25, -0.2) is 9.37 Å². The molecular weight excluding hydrogens is 249 g/mol. The molecule has 2 aromatic rings. The van der Waals surface area contributed by atoms with Crippen LogP contribution in [0.25, 0.3) is 11.0 Å². The van der Waals surface area contributed by atoms with Crippen molar-refractivity contribution in [2.24, 2.45) is 0 Å². The first-order valence-electron chi connectivity index (χ1n) is 6.06. The van der Waals surface area contributed by atoms with Gasteiger partial charge < -0.3 is 9.88 Å². The number of nitrogens with one attached hydrogen (secondary N) is 1. The van der Waals surface area contributed by atoms with E-state index in [0.717, 1.165) is 0 Å². The summed E-state index contributed by atoms with van der Waals surface area (Å²) in [5.41, 5.74) is 0.265. The van der Waals surface area contributed by atoms with E-state index in [1.165, 1.54) is 11.0 Å². The minimum absolute atomic E-state index is 0.0907. The monoisotopic (exact) mass is 261 g/mol. The van der Waals surface area contributed by atoms with Crippen LogP contribution in [0.5, 0.6) is 0 Å². The smallest absolute Gasteiger partial charge is 0.254 e. The molecule has 2 aromatic heterocycles. The van der Waals surface area contributed by atoms with Crippen molar-refractivity contribution in [2.75, 3.05) is 13.1 Å². The van der Waals surface area contributed by atoms with Crippen LogP contribution in [0, 0.1) is 0 Å². The highest BCUT2D eigenvalue weighted by Crippen LogP contribution is 2.19. The highest BCUT2D eigenvalue weighted by molar-refractivity contribution is 6.05. The zero-order chi connectivity index (χ0) is 13.4. The van der Waals surface area contributed by atoms with E-state index in [4.69, 9.17) is 0 Å². The predicted octanol–water partition coefficient (Wildman–Crippen LogP) is 1.11. The van der Waals surface area contributed by atoms with Crippen LogP contribution < -0.4 is 5.56 Å². The molecule has 19 heavy (non-hydrogen) atoms. The Labute approximate surface area is 108 Å². The number of halogens is 1. The number of aromatic amines is 1. The van der Waals surface area contributed by atoms with Crippen LogP contribution in [-0.4, -0.2) is 40.0 Å². The molecule has 0 saturated carbocycles. The summed E-state index contributed by atoms with van der Waals surface area (Å²) in [4.78, 5) is 31.9. The molecule has 3 heterocycles. The Morgan fingerprint density at radius 1 is 1.53 bits per heavy atom. The highest BCUT2D eigenvalue weighted by Gasteiger charge is 2.27. The van der Waals surface area contributed by atoms with Gasteiger partial charge in [0.15, 0.2) is 0 Å². The van der Waals surface area contributed by atoms with E-state index in [1.54, 1.807) is 18.3 Å². The number of nitrogens with zero attached hydrogens (tertiary/aromatic N) is 2. The van der Waals surface area contributed by atoms with Gasteiger partial charge >= 0.3 is 0 Å². The first-order valence-corrected chi connectivity index (χ1v) is 6.06. The number of alkyl halides is 1. The molecule has 0 aliphatic carbocycles. The van der Waals surface area contributed by atoms with E-state index >= 15 is 0 Å². The third-order valence-corrected chi connectivity index (χ3v) is 3.26. The molecule has 0 unspecified atom stereocenters. The number of amides is 1. The lowest BCUT2D eigenvalue weighted by molar-refractivity contribution is 0.0784. The Bertz CT molecular complexity index is 698. The fraction of sp³-hybridized carbons (Fsp3) is 0.308. The van der Waals surface area contributed by atoms with Crippen LogP contribution in [0.15, 0.2) is 29.2 Å². The first kappa shape index (κ1) is 11.8. The molecule has 1 amide bonds. The summed E-state index contributed by atoms with van der Waals surface area (Å²) in [7, 11) is 0. The second kappa shape index (κ2) is 4.46. The van der Waals surface area contributed by atoms with Crippen LogP contribution in [0.1, 0.15) is 16.8 Å². The molecule has 98 valence electrons. The Hall–Kier alpha value is -2.24. The van der Waals surface area contributed by atoms with E-state index < -0.39 is 6.17 Å². The van der Waals surface area contributed by atoms with E-state index in [0.29, 0.717) is 24.0 Å². The lowest BCUT2D eigenvalue weighted by Crippen LogP contribution is -2.30. The maximum absolute atomic E-state index is 13.2. The zero-order valence-electron chi connectivity index (χ0n) is 10.1. The summed E-state index contributed by atoms with van der Waals surface area (Å²) in [6, 6.07) is 4.66. The molecule has 0 aromatic carbocycles. The van der Waals surface area contributed by atoms with Gasteiger partial charge in [0.25, 0.3) is 5.91 Å². The molecule has 0 bridgehead atoms. The van der Waals surface area contributed by atoms with E-state index in [-0.39, 0.29) is 23.6 Å². The summed E-state index contributed by atoms with van der Waals surface area (Å²) >= 11 is 0. The number of carbonyl (C=O) groups is 1. The SMILES string of the molecule is O=C(c1cc(=O)[nH]c2ncccc12)N1CC[C@@H](F)C1. The standard InChI is InChI=1S/C13H12FN3O2/c14-8-3-5-17(7-8)13(19)10-6-11(18)16-12-9(10)2-1-4-15-12/h1-2,4,6,8H,3,5,7H2,(H,15,16,18)/t8-/m1/s1. The Balaban J connectivity index is 2.09. The van der Waals surface area contributed by atoms with Gasteiger partial charge in [-0.05, 0) is 18.6 Å². The summed E-state index contributed by atoms with van der Waals surface area (Å²) in [5.74, 6) is -0.316. The number of rotatable bonds is 1. The van der Waals surface area contributed by atoms with Crippen LogP contribution in [-0.2, 0) is 0 Å². The molecule has 1 saturated heterocycles. The molecular formula is C13H12FN3O2. The second-order valence-electron chi connectivity index (χ2n) is 4.58. The van der Waals surface area contributed by atoms with Crippen molar-refractivity contribution >= 4 is 16.9 Å². The Morgan fingerprint density at radius 2 is 2.37 bits per heavy atom. The van der Waals surface area contributed by atoms with Gasteiger partial charge in [0.2, 0.25) is 5.56 Å². The third-order valence-electron chi connectivity index (χ3n) is 3.26. The number of pyridine rings is 2. The van der Waals surface area contributed by atoms with Gasteiger partial charge in [-0.2, -0.15) is 0 Å². The number of fused-ring (bicyclic) bond motifs is 1. The van der Waals surface area contributed by atoms with Crippen LogP contribution >= 0.6 is 0 Å². The number of H-pyrrole nitrogens is 1. The average Bonchev–Trinajstić information content (AvgIpc) is 2.83. The molecule has 1 aliphatic heterocycles. The second-order valence-corrected chi connectivity index (χ2v) is 4.58. The number of aromatic nitrogens is 2. The Kier molecular flexibility index (Phi) is 2.77. The molecule has 3 rings (SSSR count). The molecule has 0 radical (unpaired) electrons. The van der Waals surface area contributed by atoms with Gasteiger partial charge in [0.1, 0.15) is 11.8 Å². The maximum atomic E-state index is 13.2. The average molecular weight is 261 g/mol. The molecule has 1 fully saturated rings. The van der Waals surface area contributed by atoms with Gasteiger partial charge in [0, 0.05) is 24.2 Å². The number of likely N-dealkylation sites (tertiary alicyclic amines) is 1. The topological polar surface area (TPSA) is 66.1 Å². The largest absolute Gasteiger partial charge is 0.336 e. The van der Waals surface area contributed by atoms with Crippen molar-refractivity contribution in [2.45, 2.75) is 12.6 Å². The lowest BCUT2D eigenvalue weighted by Gasteiger charge is -2.16. The summed E-state index contributed by atoms with van der Waals surface area (Å²) < 4.78 is 13.2. The normalized spacial score (nSPS) is 19.0. The molecule has 6 heteroatoms. The molecule has 1 aliphatic rings. The minimum Gasteiger partial charge on any atom is -0.336 e. The van der Waals surface area contributed by atoms with Gasteiger partial charge in [-0.1, -0.05) is 0 Å². The van der Waals surface area contributed by atoms with Crippen molar-refractivity contribution in [3.63, 3.8) is 0 Å². The molecule has 5 nitrogen and oxygen atoms in total. The van der Waals surface area contributed by atoms with E-state index in [2.05, 4.69) is 9.97 Å². The quantitative estimate of drug-likeness (QED) is 0.836. The lowest BCUT2D eigenvalue weighted by atomic mass is 10.1. The molecule has 1 atom stereocenters. The van der Waals surface area contributed by atoms with Crippen LogP contribution in [0.3, 0.4) is 0 Å². The Morgan fingerprint density at radius 3 is 3.11 bits per heavy atom. The fourth-order valence-electron chi connectivity index (χ4n) is 2.33. The predicted molar refractivity (Wildman–Crippen MR) is 67.8 cm³/mol. The van der Waals surface area contributed by atoms with Gasteiger partial charge in [0.05, 0.1) is 12.1 Å². The van der Waals surface area contributed by atoms with E-state index in [9.17, 15) is 14.0 Å². The summed E-state index contributed by atoms with van der Waals surface area (Å²) in [5, 5.41) is 0.578. The molecule has 0 spiro atoms. The van der Waals surface area contributed by atoms with Crippen molar-refractivity contribution in [3.05, 3.63) is 40.3 Å². The summed E-state index contributed by atoms with van der Waals surface area (Å²) in [6.07, 6.45) is 0.917. The maximum Gasteiger partial charge on any atom is 0.254 e. The summed E-state index contributed by atoms with van der Waals surface area (Å²) in [6.45, 7) is 0.474. The van der Waals surface area contributed by atoms with Crippen molar-refractivity contribution < 1.29 is 9.18 Å². The van der Waals surface area contributed by atoms with Crippen molar-refractivity contribution in [1.82, 2.24) is 14.9 Å². The highest BCUT2D eigenvalue weighted by atomic mass is 19.1. The third kappa shape index (κ3) is 2.09. The van der Waals surface area contributed by atoms with E-state index in [1.807, 2.05) is 0 Å².